The highest BCUT2D eigenvalue weighted by Crippen LogP contribution is 2.33. The number of urea groups is 1. The molecular formula is C37H45N7O5. The Hall–Kier alpha value is -4.78. The Kier molecular flexibility index (Phi) is 11.2. The first kappa shape index (κ1) is 34.1. The second-order valence-electron chi connectivity index (χ2n) is 12.4. The monoisotopic (exact) mass is 667 g/mol. The molecule has 0 spiro atoms. The summed E-state index contributed by atoms with van der Waals surface area (Å²) in [6, 6.07) is 21.3. The van der Waals surface area contributed by atoms with Crippen molar-refractivity contribution >= 4 is 17.8 Å². The molecule has 4 aromatic rings. The Balaban J connectivity index is 1.29. The van der Waals surface area contributed by atoms with Gasteiger partial charge in [0, 0.05) is 69.2 Å². The van der Waals surface area contributed by atoms with Gasteiger partial charge in [0.15, 0.2) is 0 Å². The maximum atomic E-state index is 13.8. The number of hydrogen-bond acceptors (Lipinski definition) is 8. The number of benzene rings is 2. The average molecular weight is 668 g/mol. The quantitative estimate of drug-likeness (QED) is 0.197. The molecule has 4 heterocycles. The largest absolute Gasteiger partial charge is 0.477 e. The minimum atomic E-state index is -0.326. The summed E-state index contributed by atoms with van der Waals surface area (Å²) in [4.78, 5) is 34.2. The molecule has 258 valence electrons. The minimum absolute atomic E-state index is 0.0149. The lowest BCUT2D eigenvalue weighted by Gasteiger charge is -2.23. The van der Waals surface area contributed by atoms with Crippen LogP contribution < -0.4 is 20.7 Å². The maximum Gasteiger partial charge on any atom is 0.320 e. The molecule has 0 unspecified atom stereocenters. The van der Waals surface area contributed by atoms with Crippen molar-refractivity contribution in [3.63, 3.8) is 0 Å². The van der Waals surface area contributed by atoms with Gasteiger partial charge < -0.3 is 24.8 Å². The normalized spacial score (nSPS) is 18.3. The highest BCUT2D eigenvalue weighted by atomic mass is 16.5. The van der Waals surface area contributed by atoms with Crippen LogP contribution in [-0.4, -0.2) is 96.9 Å². The Morgan fingerprint density at radius 1 is 1.00 bits per heavy atom. The smallest absolute Gasteiger partial charge is 0.320 e. The van der Waals surface area contributed by atoms with E-state index in [1.165, 1.54) is 5.56 Å². The van der Waals surface area contributed by atoms with E-state index in [0.717, 1.165) is 37.2 Å². The van der Waals surface area contributed by atoms with Gasteiger partial charge in [-0.15, -0.1) is 0 Å². The predicted molar refractivity (Wildman–Crippen MR) is 187 cm³/mol. The number of methoxy groups -OCH3 is 1. The Morgan fingerprint density at radius 2 is 1.73 bits per heavy atom. The SMILES string of the molecule is CCOc1ncc(-c2nn(-c3ccccc3)c(NC(=O)N[C@@H]3CN(CCOC)C[C@H]3c3ccccc3)c2C)cc1C(=O)NC1CCOCC1. The molecule has 2 saturated heterocycles. The molecule has 3 amide bonds. The van der Waals surface area contributed by atoms with E-state index in [-0.39, 0.29) is 35.8 Å². The number of aromatic nitrogens is 3. The molecule has 2 aliphatic heterocycles. The summed E-state index contributed by atoms with van der Waals surface area (Å²) < 4.78 is 18.3. The Labute approximate surface area is 287 Å². The molecule has 2 aromatic carbocycles. The van der Waals surface area contributed by atoms with E-state index in [9.17, 15) is 9.59 Å². The second kappa shape index (κ2) is 16.1. The summed E-state index contributed by atoms with van der Waals surface area (Å²) in [5.74, 6) is 0.649. The van der Waals surface area contributed by atoms with Gasteiger partial charge in [-0.3, -0.25) is 15.0 Å². The van der Waals surface area contributed by atoms with Gasteiger partial charge in [0.1, 0.15) is 11.4 Å². The van der Waals surface area contributed by atoms with Crippen LogP contribution in [0.25, 0.3) is 16.9 Å². The van der Waals surface area contributed by atoms with Crippen molar-refractivity contribution in [1.29, 1.82) is 0 Å². The van der Waals surface area contributed by atoms with Gasteiger partial charge in [-0.25, -0.2) is 14.5 Å². The van der Waals surface area contributed by atoms with Crippen LogP contribution in [0.4, 0.5) is 10.6 Å². The van der Waals surface area contributed by atoms with Crippen molar-refractivity contribution in [2.45, 2.75) is 44.7 Å². The summed E-state index contributed by atoms with van der Waals surface area (Å²) >= 11 is 0. The number of pyridine rings is 1. The van der Waals surface area contributed by atoms with Gasteiger partial charge in [0.2, 0.25) is 5.88 Å². The third-order valence-electron chi connectivity index (χ3n) is 9.11. The zero-order valence-electron chi connectivity index (χ0n) is 28.4. The molecule has 2 fully saturated rings. The molecule has 12 nitrogen and oxygen atoms in total. The van der Waals surface area contributed by atoms with Gasteiger partial charge in [-0.05, 0) is 50.5 Å². The minimum Gasteiger partial charge on any atom is -0.477 e. The molecule has 0 aliphatic carbocycles. The summed E-state index contributed by atoms with van der Waals surface area (Å²) in [5, 5.41) is 14.5. The Bertz CT molecular complexity index is 1710. The molecule has 0 bridgehead atoms. The van der Waals surface area contributed by atoms with Gasteiger partial charge >= 0.3 is 6.03 Å². The number of anilines is 1. The Morgan fingerprint density at radius 3 is 2.45 bits per heavy atom. The zero-order valence-corrected chi connectivity index (χ0v) is 28.4. The molecule has 12 heteroatoms. The first-order valence-electron chi connectivity index (χ1n) is 17.0. The van der Waals surface area contributed by atoms with E-state index in [4.69, 9.17) is 19.3 Å². The lowest BCUT2D eigenvalue weighted by Crippen LogP contribution is -2.42. The first-order chi connectivity index (χ1) is 23.9. The summed E-state index contributed by atoms with van der Waals surface area (Å²) in [5.41, 5.74) is 4.23. The number of amides is 3. The maximum absolute atomic E-state index is 13.8. The standard InChI is InChI=1S/C37H45N7O5/c1-4-49-36-30(35(45)39-28-15-18-48-19-16-28)21-27(22-38-36)33-25(2)34(44(42-33)29-13-9-6-10-14-29)41-37(46)40-32-24-43(17-20-47-3)23-31(32)26-11-7-5-8-12-26/h5-14,21-22,28,31-32H,4,15-20,23-24H2,1-3H3,(H,39,45)(H2,40,41,46)/t31-,32+/m0/s1. The van der Waals surface area contributed by atoms with Crippen molar-refractivity contribution in [2.24, 2.45) is 0 Å². The topological polar surface area (TPSA) is 132 Å². The van der Waals surface area contributed by atoms with E-state index in [2.05, 4.69) is 38.0 Å². The van der Waals surface area contributed by atoms with E-state index in [1.54, 1.807) is 24.1 Å². The molecule has 49 heavy (non-hydrogen) atoms. The second-order valence-corrected chi connectivity index (χ2v) is 12.4. The molecule has 0 radical (unpaired) electrons. The lowest BCUT2D eigenvalue weighted by atomic mass is 9.94. The first-order valence-corrected chi connectivity index (χ1v) is 17.0. The number of carbonyl (C=O) groups is 2. The van der Waals surface area contributed by atoms with E-state index in [1.807, 2.05) is 62.4 Å². The molecule has 3 N–H and O–H groups in total. The zero-order chi connectivity index (χ0) is 34.2. The van der Waals surface area contributed by atoms with E-state index < -0.39 is 0 Å². The fourth-order valence-electron chi connectivity index (χ4n) is 6.56. The van der Waals surface area contributed by atoms with Crippen LogP contribution in [0.3, 0.4) is 0 Å². The number of rotatable bonds is 12. The van der Waals surface area contributed by atoms with E-state index >= 15 is 0 Å². The molecule has 2 aliphatic rings. The summed E-state index contributed by atoms with van der Waals surface area (Å²) in [6.45, 7) is 8.28. The number of likely N-dealkylation sites (tertiary alicyclic amines) is 1. The molecular weight excluding hydrogens is 622 g/mol. The van der Waals surface area contributed by atoms with Crippen LogP contribution in [0.15, 0.2) is 72.9 Å². The van der Waals surface area contributed by atoms with Crippen molar-refractivity contribution in [1.82, 2.24) is 30.3 Å². The average Bonchev–Trinajstić information content (AvgIpc) is 3.68. The third kappa shape index (κ3) is 8.10. The number of para-hydroxylation sites is 1. The van der Waals surface area contributed by atoms with Crippen LogP contribution in [0.2, 0.25) is 0 Å². The highest BCUT2D eigenvalue weighted by molar-refractivity contribution is 5.98. The fraction of sp³-hybridized carbons (Fsp3) is 0.405. The molecule has 6 rings (SSSR count). The summed E-state index contributed by atoms with van der Waals surface area (Å²) in [7, 11) is 1.70. The molecule has 2 aromatic heterocycles. The fourth-order valence-corrected chi connectivity index (χ4v) is 6.56. The molecule has 2 atom stereocenters. The predicted octanol–water partition coefficient (Wildman–Crippen LogP) is 4.79. The van der Waals surface area contributed by atoms with Crippen LogP contribution >= 0.6 is 0 Å². The number of carbonyl (C=O) groups excluding carboxylic acids is 2. The number of hydrogen-bond donors (Lipinski definition) is 3. The highest BCUT2D eigenvalue weighted by Gasteiger charge is 2.35. The van der Waals surface area contributed by atoms with E-state index in [0.29, 0.717) is 55.6 Å². The van der Waals surface area contributed by atoms with Gasteiger partial charge in [-0.2, -0.15) is 5.10 Å². The lowest BCUT2D eigenvalue weighted by molar-refractivity contribution is 0.0694. The van der Waals surface area contributed by atoms with Gasteiger partial charge in [0.05, 0.1) is 30.6 Å². The van der Waals surface area contributed by atoms with Crippen LogP contribution in [0.1, 0.15) is 47.2 Å². The molecule has 0 saturated carbocycles. The van der Waals surface area contributed by atoms with Crippen LogP contribution in [-0.2, 0) is 9.47 Å². The van der Waals surface area contributed by atoms with Crippen LogP contribution in [0, 0.1) is 6.92 Å². The number of nitrogens with zero attached hydrogens (tertiary/aromatic N) is 4. The number of ether oxygens (including phenoxy) is 3. The van der Waals surface area contributed by atoms with Crippen molar-refractivity contribution in [2.75, 3.05) is 58.5 Å². The van der Waals surface area contributed by atoms with Crippen LogP contribution in [0.5, 0.6) is 5.88 Å². The number of nitrogens with one attached hydrogen (secondary N) is 3. The third-order valence-corrected chi connectivity index (χ3v) is 9.11. The van der Waals surface area contributed by atoms with Crippen molar-refractivity contribution in [3.05, 3.63) is 89.6 Å². The van der Waals surface area contributed by atoms with Crippen molar-refractivity contribution < 1.29 is 23.8 Å². The summed E-state index contributed by atoms with van der Waals surface area (Å²) in [6.07, 6.45) is 3.15. The van der Waals surface area contributed by atoms with Gasteiger partial charge in [0.25, 0.3) is 5.91 Å². The van der Waals surface area contributed by atoms with Gasteiger partial charge in [-0.1, -0.05) is 48.5 Å². The van der Waals surface area contributed by atoms with Crippen molar-refractivity contribution in [3.8, 4) is 22.8 Å².